The van der Waals surface area contributed by atoms with E-state index < -0.39 is 12.1 Å². The van der Waals surface area contributed by atoms with Crippen LogP contribution in [0.3, 0.4) is 0 Å². The van der Waals surface area contributed by atoms with Gasteiger partial charge in [-0.05, 0) is 44.5 Å². The zero-order chi connectivity index (χ0) is 27.4. The van der Waals surface area contributed by atoms with Gasteiger partial charge in [-0.2, -0.15) is 0 Å². The summed E-state index contributed by atoms with van der Waals surface area (Å²) in [4.78, 5) is 46.0. The molecule has 4 rings (SSSR count). The quantitative estimate of drug-likeness (QED) is 0.346. The molecule has 2 unspecified atom stereocenters. The van der Waals surface area contributed by atoms with E-state index in [0.29, 0.717) is 30.3 Å². The summed E-state index contributed by atoms with van der Waals surface area (Å²) < 4.78 is 0. The number of aromatic nitrogens is 1. The Labute approximate surface area is 231 Å². The second-order valence-corrected chi connectivity index (χ2v) is 10.5. The fourth-order valence-corrected chi connectivity index (χ4v) is 4.99. The Kier molecular flexibility index (Phi) is 8.69. The van der Waals surface area contributed by atoms with Gasteiger partial charge in [0.05, 0.1) is 15.7 Å². The maximum Gasteiger partial charge on any atom is 0.319 e. The van der Waals surface area contributed by atoms with Crippen molar-refractivity contribution in [3.05, 3.63) is 64.3 Å². The Bertz CT molecular complexity index is 1330. The lowest BCUT2D eigenvalue weighted by atomic mass is 10.0. The summed E-state index contributed by atoms with van der Waals surface area (Å²) in [7, 11) is 0. The Morgan fingerprint density at radius 1 is 1.05 bits per heavy atom. The van der Waals surface area contributed by atoms with Crippen LogP contribution < -0.4 is 16.0 Å². The van der Waals surface area contributed by atoms with Gasteiger partial charge in [-0.15, -0.1) is 0 Å². The van der Waals surface area contributed by atoms with Gasteiger partial charge in [-0.1, -0.05) is 47.5 Å². The van der Waals surface area contributed by atoms with Gasteiger partial charge in [0, 0.05) is 55.2 Å². The topological polar surface area (TPSA) is 110 Å². The van der Waals surface area contributed by atoms with E-state index in [1.165, 1.54) is 0 Å². The first kappa shape index (κ1) is 27.6. The zero-order valence-corrected chi connectivity index (χ0v) is 23.1. The van der Waals surface area contributed by atoms with Crippen LogP contribution >= 0.6 is 23.2 Å². The van der Waals surface area contributed by atoms with Crippen LogP contribution in [0.5, 0.6) is 0 Å². The minimum Gasteiger partial charge on any atom is -0.361 e. The highest BCUT2D eigenvalue weighted by Crippen LogP contribution is 2.29. The number of anilines is 1. The number of nitrogens with zero attached hydrogens (tertiary/aromatic N) is 2. The summed E-state index contributed by atoms with van der Waals surface area (Å²) in [5.74, 6) is -0.224. The molecular weight excluding hydrogens is 527 g/mol. The van der Waals surface area contributed by atoms with Gasteiger partial charge >= 0.3 is 12.1 Å². The number of para-hydroxylation sites is 1. The smallest absolute Gasteiger partial charge is 0.319 e. The van der Waals surface area contributed by atoms with Gasteiger partial charge in [-0.25, -0.2) is 9.59 Å². The maximum absolute atomic E-state index is 13.8. The second-order valence-electron chi connectivity index (χ2n) is 9.75. The van der Waals surface area contributed by atoms with E-state index in [4.69, 9.17) is 23.2 Å². The van der Waals surface area contributed by atoms with Crippen molar-refractivity contribution in [2.24, 2.45) is 0 Å². The summed E-state index contributed by atoms with van der Waals surface area (Å²) >= 11 is 12.3. The van der Waals surface area contributed by atoms with Crippen molar-refractivity contribution >= 4 is 57.8 Å². The molecule has 9 nitrogen and oxygen atoms in total. The first-order valence-corrected chi connectivity index (χ1v) is 13.3. The third-order valence-corrected chi connectivity index (χ3v) is 7.33. The highest BCUT2D eigenvalue weighted by atomic mass is 35.5. The highest BCUT2D eigenvalue weighted by molar-refractivity contribution is 6.44. The van der Waals surface area contributed by atoms with Gasteiger partial charge in [0.25, 0.3) is 0 Å². The van der Waals surface area contributed by atoms with Gasteiger partial charge < -0.3 is 30.7 Å². The number of carbonyl (C=O) groups is 3. The molecule has 2 heterocycles. The van der Waals surface area contributed by atoms with Crippen molar-refractivity contribution < 1.29 is 14.4 Å². The Morgan fingerprint density at radius 2 is 1.82 bits per heavy atom. The number of benzene rings is 2. The van der Waals surface area contributed by atoms with Crippen molar-refractivity contribution in [2.45, 2.75) is 45.3 Å². The minimum absolute atomic E-state index is 0.0191. The Morgan fingerprint density at radius 3 is 2.55 bits per heavy atom. The van der Waals surface area contributed by atoms with Crippen molar-refractivity contribution in [1.29, 1.82) is 0 Å². The molecule has 2 atom stereocenters. The fraction of sp³-hybridized carbons (Fsp3) is 0.370. The van der Waals surface area contributed by atoms with Gasteiger partial charge in [0.2, 0.25) is 5.91 Å². The number of piperazine rings is 1. The van der Waals surface area contributed by atoms with E-state index in [0.717, 1.165) is 16.5 Å². The number of halogens is 2. The number of rotatable bonds is 6. The largest absolute Gasteiger partial charge is 0.361 e. The molecule has 3 aromatic rings. The second kappa shape index (κ2) is 12.0. The molecule has 2 aromatic carbocycles. The molecule has 11 heteroatoms. The van der Waals surface area contributed by atoms with E-state index in [1.54, 1.807) is 28.0 Å². The molecule has 1 aliphatic heterocycles. The van der Waals surface area contributed by atoms with Crippen LogP contribution in [-0.4, -0.2) is 70.5 Å². The fourth-order valence-electron chi connectivity index (χ4n) is 4.65. The molecular formula is C27H32Cl2N6O3. The molecule has 0 radical (unpaired) electrons. The van der Waals surface area contributed by atoms with Crippen LogP contribution in [0.25, 0.3) is 10.9 Å². The molecule has 0 saturated carbocycles. The number of hydrogen-bond donors (Lipinski definition) is 4. The lowest BCUT2D eigenvalue weighted by molar-refractivity contribution is -0.135. The van der Waals surface area contributed by atoms with E-state index in [9.17, 15) is 14.4 Å². The number of amides is 5. The van der Waals surface area contributed by atoms with Crippen LogP contribution in [0.4, 0.5) is 15.3 Å². The summed E-state index contributed by atoms with van der Waals surface area (Å²) in [5, 5.41) is 9.95. The number of urea groups is 2. The summed E-state index contributed by atoms with van der Waals surface area (Å²) in [6.07, 6.45) is 2.14. The van der Waals surface area contributed by atoms with Crippen molar-refractivity contribution in [3.8, 4) is 0 Å². The SMILES string of the molecule is CC(C)NC(=O)N1CCN(C(=O)C(Cc2c[nH]c3ccccc23)NC(=O)Nc2cccc(Cl)c2Cl)CC1C. The van der Waals surface area contributed by atoms with Crippen LogP contribution in [0.1, 0.15) is 26.3 Å². The summed E-state index contributed by atoms with van der Waals surface area (Å²) in [5.41, 5.74) is 2.19. The molecule has 0 aliphatic carbocycles. The lowest BCUT2D eigenvalue weighted by Crippen LogP contribution is -2.61. The normalized spacial score (nSPS) is 16.4. The molecule has 4 N–H and O–H groups in total. The van der Waals surface area contributed by atoms with Crippen molar-refractivity contribution in [3.63, 3.8) is 0 Å². The number of carbonyl (C=O) groups excluding carboxylic acids is 3. The lowest BCUT2D eigenvalue weighted by Gasteiger charge is -2.41. The van der Waals surface area contributed by atoms with Crippen molar-refractivity contribution in [1.82, 2.24) is 25.4 Å². The minimum atomic E-state index is -0.851. The third-order valence-electron chi connectivity index (χ3n) is 6.51. The standard InChI is InChI=1S/C27H32Cl2N6O3/c1-16(2)31-27(38)35-12-11-34(15-17(35)3)25(36)23(13-18-14-30-21-9-5-4-7-19(18)21)33-26(37)32-22-10-6-8-20(28)24(22)29/h4-10,14,16-17,23,30H,11-13,15H2,1-3H3,(H,31,38)(H2,32,33,37). The highest BCUT2D eigenvalue weighted by Gasteiger charge is 2.34. The Balaban J connectivity index is 1.52. The van der Waals surface area contributed by atoms with E-state index >= 15 is 0 Å². The molecule has 5 amide bonds. The monoisotopic (exact) mass is 558 g/mol. The number of aromatic amines is 1. The Hall–Kier alpha value is -3.43. The molecule has 1 fully saturated rings. The number of hydrogen-bond acceptors (Lipinski definition) is 3. The molecule has 1 aliphatic rings. The van der Waals surface area contributed by atoms with Crippen molar-refractivity contribution in [2.75, 3.05) is 25.0 Å². The molecule has 1 aromatic heterocycles. The predicted octanol–water partition coefficient (Wildman–Crippen LogP) is 4.86. The average molecular weight is 559 g/mol. The molecule has 0 spiro atoms. The predicted molar refractivity (Wildman–Crippen MR) is 151 cm³/mol. The van der Waals surface area contributed by atoms with E-state index in [-0.39, 0.29) is 35.5 Å². The summed E-state index contributed by atoms with van der Waals surface area (Å²) in [6.45, 7) is 6.85. The summed E-state index contributed by atoms with van der Waals surface area (Å²) in [6, 6.07) is 11.0. The van der Waals surface area contributed by atoms with Crippen LogP contribution in [-0.2, 0) is 11.2 Å². The first-order chi connectivity index (χ1) is 18.1. The molecule has 38 heavy (non-hydrogen) atoms. The van der Waals surface area contributed by atoms with Gasteiger partial charge in [0.15, 0.2) is 0 Å². The zero-order valence-electron chi connectivity index (χ0n) is 21.6. The molecule has 202 valence electrons. The van der Waals surface area contributed by atoms with Gasteiger partial charge in [0.1, 0.15) is 6.04 Å². The maximum atomic E-state index is 13.8. The van der Waals surface area contributed by atoms with Crippen LogP contribution in [0, 0.1) is 0 Å². The van der Waals surface area contributed by atoms with E-state index in [2.05, 4.69) is 20.9 Å². The average Bonchev–Trinajstić information content (AvgIpc) is 3.28. The number of nitrogens with one attached hydrogen (secondary N) is 4. The number of H-pyrrole nitrogens is 1. The van der Waals surface area contributed by atoms with Gasteiger partial charge in [-0.3, -0.25) is 4.79 Å². The van der Waals surface area contributed by atoms with E-state index in [1.807, 2.05) is 51.2 Å². The molecule has 1 saturated heterocycles. The first-order valence-electron chi connectivity index (χ1n) is 12.6. The third kappa shape index (κ3) is 6.34. The van der Waals surface area contributed by atoms with Crippen LogP contribution in [0.15, 0.2) is 48.7 Å². The number of fused-ring (bicyclic) bond motifs is 1. The van der Waals surface area contributed by atoms with Crippen LogP contribution in [0.2, 0.25) is 10.0 Å². The molecule has 0 bridgehead atoms.